The number of terminal acetylenes is 1. The van der Waals surface area contributed by atoms with Crippen molar-refractivity contribution in [1.29, 1.82) is 0 Å². The van der Waals surface area contributed by atoms with Crippen LogP contribution in [0.1, 0.15) is 26.3 Å². The van der Waals surface area contributed by atoms with Crippen LogP contribution in [-0.4, -0.2) is 16.7 Å². The molecule has 3 rings (SSSR count). The first kappa shape index (κ1) is 20.6. The van der Waals surface area contributed by atoms with Crippen LogP contribution in [-0.2, 0) is 0 Å². The highest BCUT2D eigenvalue weighted by molar-refractivity contribution is 6.34. The Hall–Kier alpha value is -4.15. The summed E-state index contributed by atoms with van der Waals surface area (Å²) in [5.41, 5.74) is 1.40. The molecule has 148 valence electrons. The van der Waals surface area contributed by atoms with Gasteiger partial charge >= 0.3 is 0 Å². The average molecular weight is 420 g/mol. The number of carbonyl (C=O) groups is 2. The SMILES string of the molecule is C#Cc1cccc(NC(=O)c2ccccc2NC(=O)c2ccc([N+](=O)[O-])cc2Cl)c1. The van der Waals surface area contributed by atoms with Gasteiger partial charge in [0.15, 0.2) is 0 Å². The van der Waals surface area contributed by atoms with Crippen LogP contribution in [0.5, 0.6) is 0 Å². The Morgan fingerprint density at radius 2 is 1.67 bits per heavy atom. The molecule has 0 aliphatic heterocycles. The van der Waals surface area contributed by atoms with Crippen molar-refractivity contribution >= 4 is 40.5 Å². The molecule has 0 bridgehead atoms. The molecule has 0 atom stereocenters. The smallest absolute Gasteiger partial charge is 0.270 e. The van der Waals surface area contributed by atoms with E-state index in [0.717, 1.165) is 6.07 Å². The van der Waals surface area contributed by atoms with Crippen LogP contribution in [0.15, 0.2) is 66.7 Å². The van der Waals surface area contributed by atoms with Crippen molar-refractivity contribution in [2.24, 2.45) is 0 Å². The van der Waals surface area contributed by atoms with Crippen molar-refractivity contribution < 1.29 is 14.5 Å². The van der Waals surface area contributed by atoms with Crippen molar-refractivity contribution in [3.05, 3.63) is 98.6 Å². The highest BCUT2D eigenvalue weighted by Crippen LogP contribution is 2.25. The molecule has 8 heteroatoms. The number of hydrogen-bond acceptors (Lipinski definition) is 4. The lowest BCUT2D eigenvalue weighted by atomic mass is 10.1. The van der Waals surface area contributed by atoms with Crippen molar-refractivity contribution in [2.45, 2.75) is 0 Å². The first-order valence-corrected chi connectivity index (χ1v) is 8.99. The highest BCUT2D eigenvalue weighted by Gasteiger charge is 2.18. The van der Waals surface area contributed by atoms with E-state index < -0.39 is 16.7 Å². The highest BCUT2D eigenvalue weighted by atomic mass is 35.5. The zero-order valence-electron chi connectivity index (χ0n) is 15.4. The summed E-state index contributed by atoms with van der Waals surface area (Å²) in [5.74, 6) is 1.43. The van der Waals surface area contributed by atoms with E-state index in [2.05, 4.69) is 16.6 Å². The van der Waals surface area contributed by atoms with Gasteiger partial charge in [-0.15, -0.1) is 6.42 Å². The van der Waals surface area contributed by atoms with E-state index in [1.165, 1.54) is 12.1 Å². The second-order valence-electron chi connectivity index (χ2n) is 6.10. The van der Waals surface area contributed by atoms with Crippen LogP contribution in [0.2, 0.25) is 5.02 Å². The van der Waals surface area contributed by atoms with Crippen molar-refractivity contribution in [3.63, 3.8) is 0 Å². The molecule has 0 fully saturated rings. The van der Waals surface area contributed by atoms with Gasteiger partial charge in [0.05, 0.1) is 26.8 Å². The Labute approximate surface area is 176 Å². The van der Waals surface area contributed by atoms with Gasteiger partial charge < -0.3 is 10.6 Å². The Morgan fingerprint density at radius 3 is 2.37 bits per heavy atom. The molecule has 0 aliphatic carbocycles. The van der Waals surface area contributed by atoms with Crippen LogP contribution in [0, 0.1) is 22.5 Å². The standard InChI is InChI=1S/C22H14ClN3O4/c1-2-14-6-5-7-15(12-14)24-22(28)18-8-3-4-9-20(18)25-21(27)17-11-10-16(26(29)30)13-19(17)23/h1,3-13H,(H,24,28)(H,25,27). The van der Waals surface area contributed by atoms with E-state index in [0.29, 0.717) is 11.3 Å². The first-order chi connectivity index (χ1) is 14.4. The minimum absolute atomic E-state index is 0.0409. The zero-order chi connectivity index (χ0) is 21.7. The second-order valence-corrected chi connectivity index (χ2v) is 6.51. The van der Waals surface area contributed by atoms with E-state index in [4.69, 9.17) is 18.0 Å². The van der Waals surface area contributed by atoms with E-state index in [-0.39, 0.29) is 27.5 Å². The van der Waals surface area contributed by atoms with Gasteiger partial charge in [-0.1, -0.05) is 35.7 Å². The third-order valence-corrected chi connectivity index (χ3v) is 4.43. The van der Waals surface area contributed by atoms with Crippen molar-refractivity contribution in [2.75, 3.05) is 10.6 Å². The molecule has 0 heterocycles. The number of nitro groups is 1. The van der Waals surface area contributed by atoms with Gasteiger partial charge in [-0.2, -0.15) is 0 Å². The summed E-state index contributed by atoms with van der Waals surface area (Å²) in [7, 11) is 0. The number of non-ortho nitro benzene ring substituents is 1. The number of nitrogens with zero attached hydrogens (tertiary/aromatic N) is 1. The van der Waals surface area contributed by atoms with Gasteiger partial charge in [0.2, 0.25) is 0 Å². The molecule has 0 unspecified atom stereocenters. The van der Waals surface area contributed by atoms with Crippen LogP contribution < -0.4 is 10.6 Å². The van der Waals surface area contributed by atoms with Gasteiger partial charge in [-0.3, -0.25) is 19.7 Å². The number of benzene rings is 3. The van der Waals surface area contributed by atoms with Gasteiger partial charge in [0.1, 0.15) is 0 Å². The van der Waals surface area contributed by atoms with E-state index in [1.807, 2.05) is 0 Å². The van der Waals surface area contributed by atoms with E-state index in [9.17, 15) is 19.7 Å². The third kappa shape index (κ3) is 4.63. The molecule has 2 amide bonds. The summed E-state index contributed by atoms with van der Waals surface area (Å²) in [6.07, 6.45) is 5.37. The average Bonchev–Trinajstić information content (AvgIpc) is 2.74. The second kappa shape index (κ2) is 8.90. The Morgan fingerprint density at radius 1 is 0.933 bits per heavy atom. The molecular formula is C22H14ClN3O4. The number of halogens is 1. The number of rotatable bonds is 5. The lowest BCUT2D eigenvalue weighted by molar-refractivity contribution is -0.384. The van der Waals surface area contributed by atoms with Crippen LogP contribution in [0.25, 0.3) is 0 Å². The number of carbonyl (C=O) groups excluding carboxylic acids is 2. The molecule has 0 radical (unpaired) electrons. The van der Waals surface area contributed by atoms with Crippen LogP contribution in [0.3, 0.4) is 0 Å². The zero-order valence-corrected chi connectivity index (χ0v) is 16.1. The first-order valence-electron chi connectivity index (χ1n) is 8.61. The normalized spacial score (nSPS) is 10.0. The molecule has 0 aromatic heterocycles. The minimum atomic E-state index is -0.609. The van der Waals surface area contributed by atoms with Gasteiger partial charge in [-0.05, 0) is 36.4 Å². The lowest BCUT2D eigenvalue weighted by Gasteiger charge is -2.12. The number of nitro benzene ring substituents is 1. The molecule has 7 nitrogen and oxygen atoms in total. The Balaban J connectivity index is 1.83. The fourth-order valence-electron chi connectivity index (χ4n) is 2.67. The molecule has 3 aromatic carbocycles. The summed E-state index contributed by atoms with van der Waals surface area (Å²) >= 11 is 6.01. The molecule has 0 aliphatic rings. The maximum absolute atomic E-state index is 12.7. The number of amides is 2. The largest absolute Gasteiger partial charge is 0.322 e. The van der Waals surface area contributed by atoms with Crippen LogP contribution >= 0.6 is 11.6 Å². The van der Waals surface area contributed by atoms with Crippen molar-refractivity contribution in [1.82, 2.24) is 0 Å². The summed E-state index contributed by atoms with van der Waals surface area (Å²) in [5, 5.41) is 16.1. The number of hydrogen-bond donors (Lipinski definition) is 2. The number of nitrogens with one attached hydrogen (secondary N) is 2. The summed E-state index contributed by atoms with van der Waals surface area (Å²) < 4.78 is 0. The molecule has 2 N–H and O–H groups in total. The van der Waals surface area contributed by atoms with Gasteiger partial charge in [-0.25, -0.2) is 0 Å². The Bertz CT molecular complexity index is 1200. The predicted octanol–water partition coefficient (Wildman–Crippen LogP) is 4.73. The van der Waals surface area contributed by atoms with Gasteiger partial charge in [0.25, 0.3) is 17.5 Å². The Kier molecular flexibility index (Phi) is 6.11. The van der Waals surface area contributed by atoms with E-state index >= 15 is 0 Å². The molecule has 0 spiro atoms. The molecule has 0 saturated carbocycles. The molecule has 30 heavy (non-hydrogen) atoms. The van der Waals surface area contributed by atoms with Crippen molar-refractivity contribution in [3.8, 4) is 12.3 Å². The monoisotopic (exact) mass is 419 g/mol. The molecular weight excluding hydrogens is 406 g/mol. The summed E-state index contributed by atoms with van der Waals surface area (Å²) in [4.78, 5) is 35.6. The lowest BCUT2D eigenvalue weighted by Crippen LogP contribution is -2.18. The molecule has 0 saturated heterocycles. The maximum Gasteiger partial charge on any atom is 0.270 e. The molecule has 3 aromatic rings. The van der Waals surface area contributed by atoms with Crippen LogP contribution in [0.4, 0.5) is 17.1 Å². The minimum Gasteiger partial charge on any atom is -0.322 e. The summed E-state index contributed by atoms with van der Waals surface area (Å²) in [6, 6.07) is 16.7. The summed E-state index contributed by atoms with van der Waals surface area (Å²) in [6.45, 7) is 0. The van der Waals surface area contributed by atoms with Gasteiger partial charge in [0, 0.05) is 23.4 Å². The topological polar surface area (TPSA) is 101 Å². The fraction of sp³-hybridized carbons (Fsp3) is 0. The van der Waals surface area contributed by atoms with E-state index in [1.54, 1.807) is 48.5 Å². The quantitative estimate of drug-likeness (QED) is 0.354. The number of anilines is 2. The third-order valence-electron chi connectivity index (χ3n) is 4.12. The predicted molar refractivity (Wildman–Crippen MR) is 115 cm³/mol. The maximum atomic E-state index is 12.7. The number of para-hydroxylation sites is 1. The fourth-order valence-corrected chi connectivity index (χ4v) is 2.93.